The van der Waals surface area contributed by atoms with Crippen LogP contribution in [-0.2, 0) is 16.0 Å². The van der Waals surface area contributed by atoms with Crippen molar-refractivity contribution in [2.75, 3.05) is 13.7 Å². The van der Waals surface area contributed by atoms with Gasteiger partial charge in [-0.2, -0.15) is 0 Å². The maximum absolute atomic E-state index is 13.1. The highest BCUT2D eigenvalue weighted by Crippen LogP contribution is 2.32. The van der Waals surface area contributed by atoms with Gasteiger partial charge in [-0.3, -0.25) is 14.9 Å². The number of nitrogens with one attached hydrogen (secondary N) is 1. The van der Waals surface area contributed by atoms with Crippen LogP contribution in [0.5, 0.6) is 0 Å². The van der Waals surface area contributed by atoms with Gasteiger partial charge >= 0.3 is 5.97 Å². The SMILES string of the molecule is COC(=O)C(CC(C)C)NC1c2ccccc2C(=O)N1CCc1ccc(Cl)cc1. The van der Waals surface area contributed by atoms with Crippen LogP contribution in [0.25, 0.3) is 0 Å². The molecular weight excluding hydrogens is 388 g/mol. The molecule has 0 bridgehead atoms. The molecule has 1 aliphatic rings. The number of esters is 1. The highest BCUT2D eigenvalue weighted by atomic mass is 35.5. The number of hydrogen-bond donors (Lipinski definition) is 1. The van der Waals surface area contributed by atoms with Gasteiger partial charge in [0.25, 0.3) is 5.91 Å². The number of halogens is 1. The summed E-state index contributed by atoms with van der Waals surface area (Å²) in [5.41, 5.74) is 2.67. The summed E-state index contributed by atoms with van der Waals surface area (Å²) in [5, 5.41) is 4.08. The lowest BCUT2D eigenvalue weighted by molar-refractivity contribution is -0.144. The lowest BCUT2D eigenvalue weighted by Crippen LogP contribution is -2.46. The fourth-order valence-corrected chi connectivity index (χ4v) is 3.84. The van der Waals surface area contributed by atoms with Crippen LogP contribution in [0.3, 0.4) is 0 Å². The molecule has 0 spiro atoms. The van der Waals surface area contributed by atoms with Crippen molar-refractivity contribution in [1.29, 1.82) is 0 Å². The zero-order valence-corrected chi connectivity index (χ0v) is 17.8. The van der Waals surface area contributed by atoms with Crippen LogP contribution in [0.15, 0.2) is 48.5 Å². The van der Waals surface area contributed by atoms with E-state index in [0.29, 0.717) is 35.9 Å². The molecule has 2 unspecified atom stereocenters. The van der Waals surface area contributed by atoms with Crippen LogP contribution in [0.2, 0.25) is 5.02 Å². The van der Waals surface area contributed by atoms with Crippen LogP contribution in [0, 0.1) is 5.92 Å². The van der Waals surface area contributed by atoms with E-state index in [1.807, 2.05) is 48.5 Å². The minimum absolute atomic E-state index is 0.0276. The summed E-state index contributed by atoms with van der Waals surface area (Å²) in [6.45, 7) is 4.65. The molecule has 0 saturated carbocycles. The van der Waals surface area contributed by atoms with Crippen LogP contribution in [-0.4, -0.2) is 36.5 Å². The largest absolute Gasteiger partial charge is 0.468 e. The zero-order chi connectivity index (χ0) is 21.0. The number of ether oxygens (including phenoxy) is 1. The Morgan fingerprint density at radius 2 is 1.86 bits per heavy atom. The van der Waals surface area contributed by atoms with Gasteiger partial charge in [-0.15, -0.1) is 0 Å². The second-order valence-electron chi connectivity index (χ2n) is 7.74. The summed E-state index contributed by atoms with van der Waals surface area (Å²) < 4.78 is 5.00. The predicted octanol–water partition coefficient (Wildman–Crippen LogP) is 4.21. The molecule has 154 valence electrons. The molecule has 2 aromatic carbocycles. The van der Waals surface area contributed by atoms with E-state index in [-0.39, 0.29) is 18.0 Å². The van der Waals surface area contributed by atoms with E-state index in [4.69, 9.17) is 16.3 Å². The Morgan fingerprint density at radius 3 is 2.52 bits per heavy atom. The lowest BCUT2D eigenvalue weighted by Gasteiger charge is -2.30. The van der Waals surface area contributed by atoms with E-state index < -0.39 is 6.04 Å². The fourth-order valence-electron chi connectivity index (χ4n) is 3.72. The molecule has 0 aliphatic carbocycles. The van der Waals surface area contributed by atoms with E-state index in [1.165, 1.54) is 7.11 Å². The molecule has 1 N–H and O–H groups in total. The fraction of sp³-hybridized carbons (Fsp3) is 0.391. The molecule has 0 radical (unpaired) electrons. The summed E-state index contributed by atoms with van der Waals surface area (Å²) in [4.78, 5) is 27.2. The van der Waals surface area contributed by atoms with Gasteiger partial charge in [0, 0.05) is 22.7 Å². The Morgan fingerprint density at radius 1 is 1.17 bits per heavy atom. The molecule has 2 atom stereocenters. The van der Waals surface area contributed by atoms with Gasteiger partial charge in [-0.1, -0.05) is 55.8 Å². The van der Waals surface area contributed by atoms with Gasteiger partial charge < -0.3 is 9.64 Å². The van der Waals surface area contributed by atoms with Crippen LogP contribution in [0.1, 0.15) is 47.9 Å². The first-order valence-electron chi connectivity index (χ1n) is 9.89. The molecule has 0 fully saturated rings. The third-order valence-corrected chi connectivity index (χ3v) is 5.42. The quantitative estimate of drug-likeness (QED) is 0.657. The van der Waals surface area contributed by atoms with Crippen LogP contribution < -0.4 is 5.32 Å². The molecule has 3 rings (SSSR count). The van der Waals surface area contributed by atoms with Crippen molar-refractivity contribution in [3.05, 3.63) is 70.2 Å². The van der Waals surface area contributed by atoms with Gasteiger partial charge in [0.15, 0.2) is 0 Å². The third-order valence-electron chi connectivity index (χ3n) is 5.16. The van der Waals surface area contributed by atoms with Gasteiger partial charge in [-0.25, -0.2) is 0 Å². The van der Waals surface area contributed by atoms with E-state index >= 15 is 0 Å². The number of methoxy groups -OCH3 is 1. The second kappa shape index (κ2) is 9.42. The number of amides is 1. The van der Waals surface area contributed by atoms with E-state index in [2.05, 4.69) is 19.2 Å². The predicted molar refractivity (Wildman–Crippen MR) is 114 cm³/mol. The van der Waals surface area contributed by atoms with E-state index in [0.717, 1.165) is 11.1 Å². The second-order valence-corrected chi connectivity index (χ2v) is 8.17. The Hall–Kier alpha value is -2.37. The van der Waals surface area contributed by atoms with Gasteiger partial charge in [0.05, 0.1) is 7.11 Å². The average Bonchev–Trinajstić information content (AvgIpc) is 2.98. The molecule has 5 nitrogen and oxygen atoms in total. The van der Waals surface area contributed by atoms with E-state index in [9.17, 15) is 9.59 Å². The highest BCUT2D eigenvalue weighted by Gasteiger charge is 2.38. The van der Waals surface area contributed by atoms with Crippen LogP contribution >= 0.6 is 11.6 Å². The Bertz CT molecular complexity index is 867. The van der Waals surface area contributed by atoms with Gasteiger partial charge in [0.2, 0.25) is 0 Å². The summed E-state index contributed by atoms with van der Waals surface area (Å²) in [6.07, 6.45) is 0.959. The molecule has 6 heteroatoms. The average molecular weight is 415 g/mol. The first kappa shape index (κ1) is 21.3. The molecule has 1 amide bonds. The molecule has 1 heterocycles. The molecule has 0 aromatic heterocycles. The first-order valence-corrected chi connectivity index (χ1v) is 10.3. The maximum Gasteiger partial charge on any atom is 0.322 e. The summed E-state index contributed by atoms with van der Waals surface area (Å²) in [6, 6.07) is 14.7. The smallest absolute Gasteiger partial charge is 0.322 e. The number of hydrogen-bond acceptors (Lipinski definition) is 4. The number of fused-ring (bicyclic) bond motifs is 1. The van der Waals surface area contributed by atoms with Crippen LogP contribution in [0.4, 0.5) is 0 Å². The Kier molecular flexibility index (Phi) is 6.93. The minimum Gasteiger partial charge on any atom is -0.468 e. The Labute approximate surface area is 177 Å². The highest BCUT2D eigenvalue weighted by molar-refractivity contribution is 6.30. The topological polar surface area (TPSA) is 58.6 Å². The van der Waals surface area contributed by atoms with Gasteiger partial charge in [-0.05, 0) is 42.5 Å². The molecule has 0 saturated heterocycles. The van der Waals surface area contributed by atoms with Crippen molar-refractivity contribution < 1.29 is 14.3 Å². The zero-order valence-electron chi connectivity index (χ0n) is 17.0. The van der Waals surface area contributed by atoms with E-state index in [1.54, 1.807) is 4.90 Å². The van der Waals surface area contributed by atoms with Gasteiger partial charge in [0.1, 0.15) is 12.2 Å². The van der Waals surface area contributed by atoms with Crippen molar-refractivity contribution in [3.8, 4) is 0 Å². The summed E-state index contributed by atoms with van der Waals surface area (Å²) in [7, 11) is 1.39. The monoisotopic (exact) mass is 414 g/mol. The summed E-state index contributed by atoms with van der Waals surface area (Å²) in [5.74, 6) is -0.0325. The number of nitrogens with zero attached hydrogens (tertiary/aromatic N) is 1. The van der Waals surface area contributed by atoms with Crippen molar-refractivity contribution in [2.24, 2.45) is 5.92 Å². The van der Waals surface area contributed by atoms with Crippen molar-refractivity contribution in [2.45, 2.75) is 38.9 Å². The first-order chi connectivity index (χ1) is 13.9. The minimum atomic E-state index is -0.484. The third kappa shape index (κ3) is 4.98. The molecule has 1 aliphatic heterocycles. The van der Waals surface area contributed by atoms with Crippen molar-refractivity contribution >= 4 is 23.5 Å². The standard InChI is InChI=1S/C23H27ClN2O3/c1-15(2)14-20(23(28)29-3)25-21-18-6-4-5-7-19(18)22(27)26(21)13-12-16-8-10-17(24)11-9-16/h4-11,15,20-21,25H,12-14H2,1-3H3. The lowest BCUT2D eigenvalue weighted by atomic mass is 10.0. The van der Waals surface area contributed by atoms with Crippen molar-refractivity contribution in [3.63, 3.8) is 0 Å². The normalized spacial score (nSPS) is 16.8. The Balaban J connectivity index is 1.84. The molecular formula is C23H27ClN2O3. The number of rotatable bonds is 8. The number of carbonyl (C=O) groups excluding carboxylic acids is 2. The van der Waals surface area contributed by atoms with Crippen molar-refractivity contribution in [1.82, 2.24) is 10.2 Å². The summed E-state index contributed by atoms with van der Waals surface area (Å²) >= 11 is 5.97. The maximum atomic E-state index is 13.1. The number of benzene rings is 2. The molecule has 2 aromatic rings. The molecule has 29 heavy (non-hydrogen) atoms. The number of carbonyl (C=O) groups is 2.